The number of aromatic nitrogens is 1. The molecule has 134 valence electrons. The van der Waals surface area contributed by atoms with Crippen LogP contribution in [0.2, 0.25) is 10.0 Å². The fraction of sp³-hybridized carbons (Fsp3) is 0.158. The molecular formula is C19H16Cl2N2O2S. The Morgan fingerprint density at radius 3 is 2.77 bits per heavy atom. The van der Waals surface area contributed by atoms with E-state index >= 15 is 0 Å². The van der Waals surface area contributed by atoms with Crippen LogP contribution >= 0.6 is 34.5 Å². The number of aryl methyl sites for hydroxylation is 1. The number of hydrogen-bond donors (Lipinski definition) is 1. The third-order valence-corrected chi connectivity index (χ3v) is 5.36. The highest BCUT2D eigenvalue weighted by Gasteiger charge is 2.13. The van der Waals surface area contributed by atoms with Crippen LogP contribution < -0.4 is 10.1 Å². The van der Waals surface area contributed by atoms with Crippen LogP contribution in [0.1, 0.15) is 10.6 Å². The zero-order valence-electron chi connectivity index (χ0n) is 14.0. The van der Waals surface area contributed by atoms with Gasteiger partial charge in [0.15, 0.2) is 6.61 Å². The molecule has 0 aliphatic rings. The molecule has 1 amide bonds. The SMILES string of the molecule is Cc1nc(-c2ccccc2Cl)sc1CNC(=O)COc1cccc(Cl)c1. The van der Waals surface area contributed by atoms with E-state index in [1.165, 1.54) is 11.3 Å². The molecule has 0 unspecified atom stereocenters. The van der Waals surface area contributed by atoms with Crippen LogP contribution in [0.4, 0.5) is 0 Å². The summed E-state index contributed by atoms with van der Waals surface area (Å²) in [4.78, 5) is 17.6. The Morgan fingerprint density at radius 1 is 1.19 bits per heavy atom. The first-order valence-electron chi connectivity index (χ1n) is 7.89. The van der Waals surface area contributed by atoms with Crippen molar-refractivity contribution in [1.29, 1.82) is 0 Å². The average Bonchev–Trinajstić information content (AvgIpc) is 2.99. The molecule has 1 heterocycles. The van der Waals surface area contributed by atoms with E-state index in [9.17, 15) is 4.79 Å². The number of hydrogen-bond acceptors (Lipinski definition) is 4. The lowest BCUT2D eigenvalue weighted by Crippen LogP contribution is -2.28. The highest BCUT2D eigenvalue weighted by Crippen LogP contribution is 2.32. The van der Waals surface area contributed by atoms with Gasteiger partial charge in [-0.3, -0.25) is 4.79 Å². The third-order valence-electron chi connectivity index (χ3n) is 3.61. The van der Waals surface area contributed by atoms with Crippen LogP contribution in [0.5, 0.6) is 5.75 Å². The summed E-state index contributed by atoms with van der Waals surface area (Å²) in [5, 5.41) is 4.91. The predicted molar refractivity (Wildman–Crippen MR) is 106 cm³/mol. The summed E-state index contributed by atoms with van der Waals surface area (Å²) in [6.07, 6.45) is 0. The minimum Gasteiger partial charge on any atom is -0.484 e. The van der Waals surface area contributed by atoms with Gasteiger partial charge in [0.1, 0.15) is 10.8 Å². The molecule has 0 aliphatic carbocycles. The summed E-state index contributed by atoms with van der Waals surface area (Å²) in [5.74, 6) is 0.347. The highest BCUT2D eigenvalue weighted by atomic mass is 35.5. The lowest BCUT2D eigenvalue weighted by Gasteiger charge is -2.07. The smallest absolute Gasteiger partial charge is 0.258 e. The molecule has 1 aromatic heterocycles. The molecule has 3 rings (SSSR count). The van der Waals surface area contributed by atoms with Crippen molar-refractivity contribution in [2.45, 2.75) is 13.5 Å². The van der Waals surface area contributed by atoms with Gasteiger partial charge in [-0.1, -0.05) is 47.5 Å². The van der Waals surface area contributed by atoms with Crippen molar-refractivity contribution >= 4 is 40.4 Å². The number of halogens is 2. The lowest BCUT2D eigenvalue weighted by molar-refractivity contribution is -0.123. The standard InChI is InChI=1S/C19H16Cl2N2O2S/c1-12-17(26-19(23-12)15-7-2-3-8-16(15)21)10-22-18(24)11-25-14-6-4-5-13(20)9-14/h2-9H,10-11H2,1H3,(H,22,24). The van der Waals surface area contributed by atoms with Crippen molar-refractivity contribution in [3.63, 3.8) is 0 Å². The minimum absolute atomic E-state index is 0.0738. The van der Waals surface area contributed by atoms with Gasteiger partial charge < -0.3 is 10.1 Å². The van der Waals surface area contributed by atoms with Crippen molar-refractivity contribution in [2.75, 3.05) is 6.61 Å². The molecule has 0 spiro atoms. The average molecular weight is 407 g/mol. The maximum Gasteiger partial charge on any atom is 0.258 e. The molecule has 4 nitrogen and oxygen atoms in total. The van der Waals surface area contributed by atoms with Crippen LogP contribution in [-0.4, -0.2) is 17.5 Å². The molecule has 7 heteroatoms. The van der Waals surface area contributed by atoms with Crippen molar-refractivity contribution < 1.29 is 9.53 Å². The summed E-state index contributed by atoms with van der Waals surface area (Å²) < 4.78 is 5.43. The van der Waals surface area contributed by atoms with Crippen molar-refractivity contribution in [3.05, 3.63) is 69.1 Å². The molecule has 3 aromatic rings. The molecule has 0 fully saturated rings. The van der Waals surface area contributed by atoms with E-state index in [0.29, 0.717) is 22.3 Å². The minimum atomic E-state index is -0.211. The Bertz CT molecular complexity index is 927. The monoisotopic (exact) mass is 406 g/mol. The van der Waals surface area contributed by atoms with E-state index < -0.39 is 0 Å². The first kappa shape index (κ1) is 18.7. The number of benzene rings is 2. The molecule has 26 heavy (non-hydrogen) atoms. The quantitative estimate of drug-likeness (QED) is 0.617. The Morgan fingerprint density at radius 2 is 2.00 bits per heavy atom. The van der Waals surface area contributed by atoms with Crippen LogP contribution in [0.15, 0.2) is 48.5 Å². The highest BCUT2D eigenvalue weighted by molar-refractivity contribution is 7.15. The maximum absolute atomic E-state index is 12.0. The van der Waals surface area contributed by atoms with Gasteiger partial charge in [0.05, 0.1) is 17.3 Å². The summed E-state index contributed by atoms with van der Waals surface area (Å²) >= 11 is 13.6. The summed E-state index contributed by atoms with van der Waals surface area (Å²) in [6.45, 7) is 2.24. The second kappa shape index (κ2) is 8.54. The van der Waals surface area contributed by atoms with E-state index in [2.05, 4.69) is 10.3 Å². The molecule has 2 aromatic carbocycles. The van der Waals surface area contributed by atoms with Crippen LogP contribution in [-0.2, 0) is 11.3 Å². The van der Waals surface area contributed by atoms with E-state index in [-0.39, 0.29) is 12.5 Å². The molecule has 0 atom stereocenters. The number of thiazole rings is 1. The Kier molecular flexibility index (Phi) is 6.14. The van der Waals surface area contributed by atoms with E-state index in [1.54, 1.807) is 24.3 Å². The first-order chi connectivity index (χ1) is 12.5. The van der Waals surface area contributed by atoms with E-state index in [0.717, 1.165) is 21.1 Å². The lowest BCUT2D eigenvalue weighted by atomic mass is 10.2. The van der Waals surface area contributed by atoms with Gasteiger partial charge in [-0.25, -0.2) is 4.98 Å². The molecule has 1 N–H and O–H groups in total. The topological polar surface area (TPSA) is 51.2 Å². The van der Waals surface area contributed by atoms with Gasteiger partial charge in [0.2, 0.25) is 0 Å². The van der Waals surface area contributed by atoms with Crippen LogP contribution in [0, 0.1) is 6.92 Å². The Hall–Kier alpha value is -2.08. The molecule has 0 aliphatic heterocycles. The molecule has 0 bridgehead atoms. The van der Waals surface area contributed by atoms with Gasteiger partial charge >= 0.3 is 0 Å². The Balaban J connectivity index is 1.58. The fourth-order valence-electron chi connectivity index (χ4n) is 2.28. The maximum atomic E-state index is 12.0. The van der Waals surface area contributed by atoms with Crippen LogP contribution in [0.25, 0.3) is 10.6 Å². The normalized spacial score (nSPS) is 10.6. The number of nitrogens with zero attached hydrogens (tertiary/aromatic N) is 1. The number of carbonyl (C=O) groups is 1. The van der Waals surface area contributed by atoms with E-state index in [1.807, 2.05) is 31.2 Å². The molecular weight excluding hydrogens is 391 g/mol. The zero-order valence-corrected chi connectivity index (χ0v) is 16.3. The van der Waals surface area contributed by atoms with Gasteiger partial charge in [0.25, 0.3) is 5.91 Å². The molecule has 0 saturated carbocycles. The van der Waals surface area contributed by atoms with Gasteiger partial charge in [0, 0.05) is 15.5 Å². The number of carbonyl (C=O) groups excluding carboxylic acids is 1. The van der Waals surface area contributed by atoms with Crippen molar-refractivity contribution in [1.82, 2.24) is 10.3 Å². The predicted octanol–water partition coefficient (Wildman–Crippen LogP) is 5.12. The number of amides is 1. The van der Waals surface area contributed by atoms with E-state index in [4.69, 9.17) is 27.9 Å². The second-order valence-corrected chi connectivity index (χ2v) is 7.46. The van der Waals surface area contributed by atoms with Gasteiger partial charge in [-0.2, -0.15) is 0 Å². The number of nitrogens with one attached hydrogen (secondary N) is 1. The second-order valence-electron chi connectivity index (χ2n) is 5.53. The fourth-order valence-corrected chi connectivity index (χ4v) is 3.78. The van der Waals surface area contributed by atoms with Crippen molar-refractivity contribution in [2.24, 2.45) is 0 Å². The third kappa shape index (κ3) is 4.75. The van der Waals surface area contributed by atoms with Gasteiger partial charge in [-0.15, -0.1) is 11.3 Å². The van der Waals surface area contributed by atoms with Gasteiger partial charge in [-0.05, 0) is 31.2 Å². The summed E-state index contributed by atoms with van der Waals surface area (Å²) in [6, 6.07) is 14.5. The summed E-state index contributed by atoms with van der Waals surface area (Å²) in [5.41, 5.74) is 1.77. The zero-order chi connectivity index (χ0) is 18.5. The Labute approximate surface area is 165 Å². The number of ether oxygens (including phenoxy) is 1. The number of rotatable bonds is 6. The summed E-state index contributed by atoms with van der Waals surface area (Å²) in [7, 11) is 0. The first-order valence-corrected chi connectivity index (χ1v) is 9.46. The largest absolute Gasteiger partial charge is 0.484 e. The van der Waals surface area contributed by atoms with Crippen molar-refractivity contribution in [3.8, 4) is 16.3 Å². The van der Waals surface area contributed by atoms with Crippen LogP contribution in [0.3, 0.4) is 0 Å². The molecule has 0 radical (unpaired) electrons. The molecule has 0 saturated heterocycles.